The molecule has 0 spiro atoms. The number of benzene rings is 1. The molecule has 3 rings (SSSR count). The zero-order chi connectivity index (χ0) is 18.0. The van der Waals surface area contributed by atoms with Crippen molar-refractivity contribution in [2.75, 3.05) is 26.2 Å². The van der Waals surface area contributed by atoms with Crippen LogP contribution < -0.4 is 0 Å². The van der Waals surface area contributed by atoms with Gasteiger partial charge in [0, 0.05) is 31.7 Å². The van der Waals surface area contributed by atoms with Gasteiger partial charge in [0.15, 0.2) is 0 Å². The highest BCUT2D eigenvalue weighted by Gasteiger charge is 2.31. The second-order valence-electron chi connectivity index (χ2n) is 7.11. The van der Waals surface area contributed by atoms with Crippen molar-refractivity contribution >= 4 is 27.5 Å². The minimum absolute atomic E-state index is 0.0473. The molecule has 1 aromatic rings. The Morgan fingerprint density at radius 3 is 2.52 bits per heavy atom. The molecule has 0 N–H and O–H groups in total. The van der Waals surface area contributed by atoms with Crippen LogP contribution in [0.4, 0.5) is 0 Å². The summed E-state index contributed by atoms with van der Waals surface area (Å²) in [6.07, 6.45) is 5.02. The van der Waals surface area contributed by atoms with Gasteiger partial charge in [0.1, 0.15) is 4.90 Å². The highest BCUT2D eigenvalue weighted by molar-refractivity contribution is 7.89. The van der Waals surface area contributed by atoms with E-state index in [4.69, 9.17) is 11.6 Å². The molecule has 2 heterocycles. The third-order valence-corrected chi connectivity index (χ3v) is 7.41. The first kappa shape index (κ1) is 18.7. The van der Waals surface area contributed by atoms with Gasteiger partial charge in [0.25, 0.3) is 5.91 Å². The summed E-state index contributed by atoms with van der Waals surface area (Å²) in [7, 11) is -3.68. The maximum Gasteiger partial charge on any atom is 0.253 e. The summed E-state index contributed by atoms with van der Waals surface area (Å²) < 4.78 is 27.5. The van der Waals surface area contributed by atoms with Gasteiger partial charge in [-0.25, -0.2) is 8.42 Å². The van der Waals surface area contributed by atoms with Crippen LogP contribution in [0.3, 0.4) is 0 Å². The van der Waals surface area contributed by atoms with Gasteiger partial charge in [-0.05, 0) is 56.2 Å². The van der Waals surface area contributed by atoms with Crippen molar-refractivity contribution in [3.63, 3.8) is 0 Å². The molecule has 0 saturated carbocycles. The van der Waals surface area contributed by atoms with Gasteiger partial charge >= 0.3 is 0 Å². The lowest BCUT2D eigenvalue weighted by molar-refractivity contribution is 0.0724. The maximum atomic E-state index is 13.0. The van der Waals surface area contributed by atoms with Crippen LogP contribution in [-0.4, -0.2) is 49.7 Å². The first-order valence-corrected chi connectivity index (χ1v) is 10.8. The Morgan fingerprint density at radius 1 is 1.12 bits per heavy atom. The highest BCUT2D eigenvalue weighted by Crippen LogP contribution is 2.29. The number of nitrogens with zero attached hydrogens (tertiary/aromatic N) is 2. The summed E-state index contributed by atoms with van der Waals surface area (Å²) in [5, 5.41) is 0.174. The molecule has 1 amide bonds. The third kappa shape index (κ3) is 4.01. The number of hydrogen-bond acceptors (Lipinski definition) is 3. The van der Waals surface area contributed by atoms with Crippen molar-refractivity contribution in [3.8, 4) is 0 Å². The molecule has 5 nitrogen and oxygen atoms in total. The van der Waals surface area contributed by atoms with Crippen LogP contribution in [0.25, 0.3) is 0 Å². The smallest absolute Gasteiger partial charge is 0.253 e. The van der Waals surface area contributed by atoms with E-state index in [1.807, 2.05) is 0 Å². The molecule has 0 radical (unpaired) electrons. The van der Waals surface area contributed by atoms with Crippen LogP contribution in [0.15, 0.2) is 23.1 Å². The summed E-state index contributed by atoms with van der Waals surface area (Å²) in [4.78, 5) is 14.5. The summed E-state index contributed by atoms with van der Waals surface area (Å²) >= 11 is 6.20. The SMILES string of the molecule is CC1CCCN(S(=O)(=O)c2cc(C(=O)N3CCCCC3)ccc2Cl)C1. The molecule has 2 fully saturated rings. The molecule has 1 aromatic carbocycles. The Morgan fingerprint density at radius 2 is 1.84 bits per heavy atom. The average molecular weight is 385 g/mol. The number of rotatable bonds is 3. The molecule has 0 aromatic heterocycles. The predicted octanol–water partition coefficient (Wildman–Crippen LogP) is 3.39. The number of likely N-dealkylation sites (tertiary alicyclic amines) is 1. The van der Waals surface area contributed by atoms with E-state index in [2.05, 4.69) is 6.92 Å². The standard InChI is InChI=1S/C18H25ClN2O3S/c1-14-6-5-11-21(13-14)25(23,24)17-12-15(7-8-16(17)19)18(22)20-9-3-2-4-10-20/h7-8,12,14H,2-6,9-11,13H2,1H3. The minimum Gasteiger partial charge on any atom is -0.339 e. The van der Waals surface area contributed by atoms with Crippen molar-refractivity contribution in [1.29, 1.82) is 0 Å². The molecule has 1 atom stereocenters. The Labute approximate surface area is 155 Å². The van der Waals surface area contributed by atoms with Crippen molar-refractivity contribution in [2.24, 2.45) is 5.92 Å². The van der Waals surface area contributed by atoms with E-state index in [0.717, 1.165) is 45.2 Å². The van der Waals surface area contributed by atoms with E-state index in [1.54, 1.807) is 11.0 Å². The topological polar surface area (TPSA) is 57.7 Å². The molecule has 138 valence electrons. The number of amides is 1. The molecule has 2 saturated heterocycles. The number of hydrogen-bond donors (Lipinski definition) is 0. The lowest BCUT2D eigenvalue weighted by Gasteiger charge is -2.30. The number of halogens is 1. The minimum atomic E-state index is -3.68. The predicted molar refractivity (Wildman–Crippen MR) is 98.4 cm³/mol. The summed E-state index contributed by atoms with van der Waals surface area (Å²) in [5.41, 5.74) is 0.398. The van der Waals surface area contributed by atoms with E-state index in [1.165, 1.54) is 16.4 Å². The Kier molecular flexibility index (Phi) is 5.71. The van der Waals surface area contributed by atoms with Gasteiger partial charge in [-0.2, -0.15) is 4.31 Å². The van der Waals surface area contributed by atoms with Crippen LogP contribution in [0, 0.1) is 5.92 Å². The fourth-order valence-corrected chi connectivity index (χ4v) is 5.72. The zero-order valence-electron chi connectivity index (χ0n) is 14.6. The molecular weight excluding hydrogens is 360 g/mol. The fraction of sp³-hybridized carbons (Fsp3) is 0.611. The zero-order valence-corrected chi connectivity index (χ0v) is 16.2. The van der Waals surface area contributed by atoms with Crippen molar-refractivity contribution in [1.82, 2.24) is 9.21 Å². The van der Waals surface area contributed by atoms with Crippen molar-refractivity contribution in [3.05, 3.63) is 28.8 Å². The molecule has 0 aliphatic carbocycles. The van der Waals surface area contributed by atoms with Gasteiger partial charge in [-0.15, -0.1) is 0 Å². The second kappa shape index (κ2) is 7.64. The van der Waals surface area contributed by atoms with Crippen LogP contribution in [0.5, 0.6) is 0 Å². The molecule has 7 heteroatoms. The van der Waals surface area contributed by atoms with E-state index >= 15 is 0 Å². The fourth-order valence-electron chi connectivity index (χ4n) is 3.62. The molecule has 2 aliphatic rings. The van der Waals surface area contributed by atoms with Crippen molar-refractivity contribution < 1.29 is 13.2 Å². The van der Waals surface area contributed by atoms with Crippen molar-refractivity contribution in [2.45, 2.75) is 43.9 Å². The molecule has 0 bridgehead atoms. The van der Waals surface area contributed by atoms with Gasteiger partial charge in [0.05, 0.1) is 5.02 Å². The second-order valence-corrected chi connectivity index (χ2v) is 9.42. The first-order valence-electron chi connectivity index (χ1n) is 8.98. The lowest BCUT2D eigenvalue weighted by atomic mass is 10.0. The number of carbonyl (C=O) groups excluding carboxylic acids is 1. The number of carbonyl (C=O) groups is 1. The largest absolute Gasteiger partial charge is 0.339 e. The number of piperidine rings is 2. The van der Waals surface area contributed by atoms with Gasteiger partial charge in [0.2, 0.25) is 10.0 Å². The van der Waals surface area contributed by atoms with Crippen LogP contribution in [-0.2, 0) is 10.0 Å². The molecule has 25 heavy (non-hydrogen) atoms. The van der Waals surface area contributed by atoms with Gasteiger partial charge in [-0.1, -0.05) is 18.5 Å². The van der Waals surface area contributed by atoms with E-state index in [-0.39, 0.29) is 15.8 Å². The van der Waals surface area contributed by atoms with Gasteiger partial charge in [-0.3, -0.25) is 4.79 Å². The Balaban J connectivity index is 1.89. The average Bonchev–Trinajstić information content (AvgIpc) is 2.62. The highest BCUT2D eigenvalue weighted by atomic mass is 35.5. The van der Waals surface area contributed by atoms with E-state index in [0.29, 0.717) is 24.6 Å². The third-order valence-electron chi connectivity index (χ3n) is 5.06. The van der Waals surface area contributed by atoms with E-state index in [9.17, 15) is 13.2 Å². The quantitative estimate of drug-likeness (QED) is 0.802. The van der Waals surface area contributed by atoms with Crippen LogP contribution >= 0.6 is 11.6 Å². The van der Waals surface area contributed by atoms with E-state index < -0.39 is 10.0 Å². The van der Waals surface area contributed by atoms with Crippen LogP contribution in [0.1, 0.15) is 49.4 Å². The van der Waals surface area contributed by atoms with Gasteiger partial charge < -0.3 is 4.90 Å². The Hall–Kier alpha value is -1.11. The molecular formula is C18H25ClN2O3S. The molecule has 2 aliphatic heterocycles. The monoisotopic (exact) mass is 384 g/mol. The normalized spacial score (nSPS) is 22.8. The Bertz CT molecular complexity index is 745. The summed E-state index contributed by atoms with van der Waals surface area (Å²) in [6.45, 7) is 4.52. The first-order chi connectivity index (χ1) is 11.9. The maximum absolute atomic E-state index is 13.0. The summed E-state index contributed by atoms with van der Waals surface area (Å²) in [6, 6.07) is 4.60. The lowest BCUT2D eigenvalue weighted by Crippen LogP contribution is -2.39. The van der Waals surface area contributed by atoms with Crippen LogP contribution in [0.2, 0.25) is 5.02 Å². The number of sulfonamides is 1. The molecule has 1 unspecified atom stereocenters. The summed E-state index contributed by atoms with van der Waals surface area (Å²) in [5.74, 6) is 0.222.